The van der Waals surface area contributed by atoms with Gasteiger partial charge in [0.15, 0.2) is 0 Å². The summed E-state index contributed by atoms with van der Waals surface area (Å²) in [6.45, 7) is 11.3. The molecule has 17 heavy (non-hydrogen) atoms. The Labute approximate surface area is 105 Å². The molecule has 0 aliphatic heterocycles. The minimum absolute atomic E-state index is 0.141. The topological polar surface area (TPSA) is 21.3 Å². The van der Waals surface area contributed by atoms with Crippen molar-refractivity contribution in [3.8, 4) is 0 Å². The SMILES string of the molecule is CC(C)Cc1ccc(CNOC(C)(C)C)cc1. The lowest BCUT2D eigenvalue weighted by Crippen LogP contribution is -2.28. The smallest absolute Gasteiger partial charge is 0.0813 e. The molecular formula is C15H25NO. The number of nitrogens with one attached hydrogen (secondary N) is 1. The van der Waals surface area contributed by atoms with E-state index < -0.39 is 0 Å². The Morgan fingerprint density at radius 3 is 2.06 bits per heavy atom. The van der Waals surface area contributed by atoms with Gasteiger partial charge in [-0.25, -0.2) is 0 Å². The zero-order chi connectivity index (χ0) is 12.9. The molecule has 0 saturated heterocycles. The van der Waals surface area contributed by atoms with Crippen LogP contribution < -0.4 is 5.48 Å². The molecule has 0 aliphatic carbocycles. The van der Waals surface area contributed by atoms with Crippen molar-refractivity contribution in [3.05, 3.63) is 35.4 Å². The Morgan fingerprint density at radius 2 is 1.59 bits per heavy atom. The summed E-state index contributed by atoms with van der Waals surface area (Å²) in [5.41, 5.74) is 5.52. The fourth-order valence-corrected chi connectivity index (χ4v) is 1.60. The van der Waals surface area contributed by atoms with Gasteiger partial charge in [0, 0.05) is 6.54 Å². The van der Waals surface area contributed by atoms with Crippen LogP contribution in [0.1, 0.15) is 45.7 Å². The van der Waals surface area contributed by atoms with E-state index in [4.69, 9.17) is 4.84 Å². The molecule has 96 valence electrons. The molecule has 0 unspecified atom stereocenters. The molecule has 0 atom stereocenters. The molecule has 0 radical (unpaired) electrons. The van der Waals surface area contributed by atoms with Crippen LogP contribution >= 0.6 is 0 Å². The van der Waals surface area contributed by atoms with Gasteiger partial charge in [0.1, 0.15) is 0 Å². The fraction of sp³-hybridized carbons (Fsp3) is 0.600. The number of hydrogen-bond acceptors (Lipinski definition) is 2. The summed E-state index contributed by atoms with van der Waals surface area (Å²) >= 11 is 0. The second kappa shape index (κ2) is 6.18. The van der Waals surface area contributed by atoms with Crippen LogP contribution in [0, 0.1) is 5.92 Å². The predicted octanol–water partition coefficient (Wildman–Crippen LogP) is 3.70. The number of hydroxylamine groups is 1. The largest absolute Gasteiger partial charge is 0.296 e. The van der Waals surface area contributed by atoms with Gasteiger partial charge in [-0.2, -0.15) is 5.48 Å². The summed E-state index contributed by atoms with van der Waals surface area (Å²) in [6, 6.07) is 8.73. The van der Waals surface area contributed by atoms with E-state index in [0.717, 1.165) is 13.0 Å². The maximum Gasteiger partial charge on any atom is 0.0813 e. The van der Waals surface area contributed by atoms with Crippen molar-refractivity contribution in [1.29, 1.82) is 0 Å². The normalized spacial score (nSPS) is 12.1. The maximum atomic E-state index is 5.48. The van der Waals surface area contributed by atoms with E-state index in [1.165, 1.54) is 11.1 Å². The van der Waals surface area contributed by atoms with E-state index in [9.17, 15) is 0 Å². The molecule has 0 spiro atoms. The Bertz CT molecular complexity index is 322. The zero-order valence-electron chi connectivity index (χ0n) is 11.7. The quantitative estimate of drug-likeness (QED) is 0.786. The number of hydrogen-bond donors (Lipinski definition) is 1. The molecule has 0 amide bonds. The first-order valence-electron chi connectivity index (χ1n) is 6.35. The van der Waals surface area contributed by atoms with Gasteiger partial charge in [-0.05, 0) is 44.2 Å². The van der Waals surface area contributed by atoms with Crippen LogP contribution in [0.4, 0.5) is 0 Å². The van der Waals surface area contributed by atoms with Crippen LogP contribution in [0.5, 0.6) is 0 Å². The summed E-state index contributed by atoms with van der Waals surface area (Å²) < 4.78 is 0. The molecule has 0 saturated carbocycles. The third-order valence-electron chi connectivity index (χ3n) is 2.32. The highest BCUT2D eigenvalue weighted by Crippen LogP contribution is 2.10. The minimum Gasteiger partial charge on any atom is -0.296 e. The molecule has 2 heteroatoms. The van der Waals surface area contributed by atoms with Gasteiger partial charge in [0.2, 0.25) is 0 Å². The van der Waals surface area contributed by atoms with Crippen molar-refractivity contribution in [2.24, 2.45) is 5.92 Å². The number of rotatable bonds is 5. The Balaban J connectivity index is 2.40. The molecule has 0 aromatic heterocycles. The van der Waals surface area contributed by atoms with E-state index in [0.29, 0.717) is 5.92 Å². The average Bonchev–Trinajstić information content (AvgIpc) is 2.18. The summed E-state index contributed by atoms with van der Waals surface area (Å²) in [7, 11) is 0. The van der Waals surface area contributed by atoms with Crippen LogP contribution in [-0.4, -0.2) is 5.60 Å². The van der Waals surface area contributed by atoms with Gasteiger partial charge in [0.25, 0.3) is 0 Å². The lowest BCUT2D eigenvalue weighted by molar-refractivity contribution is -0.0757. The van der Waals surface area contributed by atoms with Crippen molar-refractivity contribution >= 4 is 0 Å². The number of benzene rings is 1. The highest BCUT2D eigenvalue weighted by atomic mass is 16.7. The third-order valence-corrected chi connectivity index (χ3v) is 2.32. The Kier molecular flexibility index (Phi) is 5.16. The van der Waals surface area contributed by atoms with Crippen LogP contribution in [-0.2, 0) is 17.8 Å². The molecule has 1 aromatic carbocycles. The molecule has 1 rings (SSSR count). The highest BCUT2D eigenvalue weighted by molar-refractivity contribution is 5.22. The predicted molar refractivity (Wildman–Crippen MR) is 72.7 cm³/mol. The Morgan fingerprint density at radius 1 is 1.06 bits per heavy atom. The van der Waals surface area contributed by atoms with E-state index in [-0.39, 0.29) is 5.60 Å². The molecule has 0 aliphatic rings. The van der Waals surface area contributed by atoms with Gasteiger partial charge >= 0.3 is 0 Å². The molecule has 0 heterocycles. The summed E-state index contributed by atoms with van der Waals surface area (Å²) in [4.78, 5) is 5.48. The standard InChI is InChI=1S/C15H25NO/c1-12(2)10-13-6-8-14(9-7-13)11-16-17-15(3,4)5/h6-9,12,16H,10-11H2,1-5H3. The van der Waals surface area contributed by atoms with Crippen molar-refractivity contribution in [1.82, 2.24) is 5.48 Å². The molecule has 0 fully saturated rings. The average molecular weight is 235 g/mol. The van der Waals surface area contributed by atoms with Crippen molar-refractivity contribution in [2.45, 2.75) is 53.2 Å². The van der Waals surface area contributed by atoms with Gasteiger partial charge in [-0.1, -0.05) is 38.1 Å². The van der Waals surface area contributed by atoms with Crippen LogP contribution in [0.2, 0.25) is 0 Å². The Hall–Kier alpha value is -0.860. The van der Waals surface area contributed by atoms with Gasteiger partial charge in [-0.3, -0.25) is 4.84 Å². The molecule has 1 N–H and O–H groups in total. The second-order valence-electron chi connectivity index (χ2n) is 5.95. The van der Waals surface area contributed by atoms with Crippen LogP contribution in [0.15, 0.2) is 24.3 Å². The molecular weight excluding hydrogens is 210 g/mol. The summed E-state index contributed by atoms with van der Waals surface area (Å²) in [5, 5.41) is 0. The van der Waals surface area contributed by atoms with E-state index in [1.54, 1.807) is 0 Å². The minimum atomic E-state index is -0.141. The van der Waals surface area contributed by atoms with Crippen molar-refractivity contribution in [3.63, 3.8) is 0 Å². The maximum absolute atomic E-state index is 5.48. The van der Waals surface area contributed by atoms with Crippen molar-refractivity contribution in [2.75, 3.05) is 0 Å². The second-order valence-corrected chi connectivity index (χ2v) is 5.95. The lowest BCUT2D eigenvalue weighted by Gasteiger charge is -2.19. The fourth-order valence-electron chi connectivity index (χ4n) is 1.60. The summed E-state index contributed by atoms with van der Waals surface area (Å²) in [5.74, 6) is 0.711. The van der Waals surface area contributed by atoms with Gasteiger partial charge < -0.3 is 0 Å². The zero-order valence-corrected chi connectivity index (χ0v) is 11.7. The van der Waals surface area contributed by atoms with Gasteiger partial charge in [-0.15, -0.1) is 0 Å². The monoisotopic (exact) mass is 235 g/mol. The van der Waals surface area contributed by atoms with E-state index in [1.807, 2.05) is 20.8 Å². The van der Waals surface area contributed by atoms with E-state index >= 15 is 0 Å². The van der Waals surface area contributed by atoms with Gasteiger partial charge in [0.05, 0.1) is 5.60 Å². The lowest BCUT2D eigenvalue weighted by atomic mass is 10.0. The molecule has 0 bridgehead atoms. The molecule has 2 nitrogen and oxygen atoms in total. The third kappa shape index (κ3) is 6.44. The summed E-state index contributed by atoms with van der Waals surface area (Å²) in [6.07, 6.45) is 1.15. The first kappa shape index (κ1) is 14.2. The molecule has 1 aromatic rings. The van der Waals surface area contributed by atoms with Crippen molar-refractivity contribution < 1.29 is 4.84 Å². The highest BCUT2D eigenvalue weighted by Gasteiger charge is 2.09. The van der Waals surface area contributed by atoms with Crippen LogP contribution in [0.25, 0.3) is 0 Å². The first-order valence-corrected chi connectivity index (χ1v) is 6.35. The van der Waals surface area contributed by atoms with E-state index in [2.05, 4.69) is 43.6 Å². The van der Waals surface area contributed by atoms with Crippen LogP contribution in [0.3, 0.4) is 0 Å². The first-order chi connectivity index (χ1) is 7.87.